The van der Waals surface area contributed by atoms with Gasteiger partial charge in [-0.2, -0.15) is 4.98 Å². The maximum atomic E-state index is 5.31. The highest BCUT2D eigenvalue weighted by atomic mass is 32.2. The Hall–Kier alpha value is -1.37. The Balaban J connectivity index is 1.69. The van der Waals surface area contributed by atoms with Gasteiger partial charge in [-0.3, -0.25) is 0 Å². The maximum Gasteiger partial charge on any atom is 0.232 e. The zero-order chi connectivity index (χ0) is 15.0. The summed E-state index contributed by atoms with van der Waals surface area (Å²) >= 11 is 1.62. The fourth-order valence-electron chi connectivity index (χ4n) is 2.09. The van der Waals surface area contributed by atoms with E-state index in [2.05, 4.69) is 52.6 Å². The number of hydrogen-bond acceptors (Lipinski definition) is 6. The Morgan fingerprint density at radius 3 is 2.62 bits per heavy atom. The average Bonchev–Trinajstić information content (AvgIpc) is 3.01. The summed E-state index contributed by atoms with van der Waals surface area (Å²) in [7, 11) is 0. The molecule has 2 aromatic rings. The highest BCUT2D eigenvalue weighted by molar-refractivity contribution is 7.98. The van der Waals surface area contributed by atoms with E-state index in [0.29, 0.717) is 23.4 Å². The summed E-state index contributed by atoms with van der Waals surface area (Å²) in [5, 5.41) is 13.6. The number of nitrogens with zero attached hydrogens (tertiary/aromatic N) is 5. The zero-order valence-electron chi connectivity index (χ0n) is 13.0. The van der Waals surface area contributed by atoms with E-state index in [-0.39, 0.29) is 5.41 Å². The Labute approximate surface area is 128 Å². The molecule has 2 heterocycles. The van der Waals surface area contributed by atoms with Gasteiger partial charge >= 0.3 is 0 Å². The second-order valence-corrected chi connectivity index (χ2v) is 7.36. The van der Waals surface area contributed by atoms with Crippen LogP contribution in [0.2, 0.25) is 0 Å². The molecule has 0 bridgehead atoms. The van der Waals surface area contributed by atoms with Crippen molar-refractivity contribution >= 4 is 11.8 Å². The molecule has 0 saturated heterocycles. The second kappa shape index (κ2) is 5.44. The zero-order valence-corrected chi connectivity index (χ0v) is 13.8. The Bertz CT molecular complexity index is 624. The van der Waals surface area contributed by atoms with Crippen molar-refractivity contribution in [2.75, 3.05) is 0 Å². The van der Waals surface area contributed by atoms with Crippen LogP contribution in [0.5, 0.6) is 0 Å². The van der Waals surface area contributed by atoms with E-state index < -0.39 is 0 Å². The molecule has 6 nitrogen and oxygen atoms in total. The molecule has 7 heteroatoms. The molecule has 2 aromatic heterocycles. The van der Waals surface area contributed by atoms with Crippen molar-refractivity contribution in [1.29, 1.82) is 0 Å². The standard InChI is InChI=1S/C14H21N5OS/c1-5-19-11(9-6-7-9)16-17-13(19)21-8-10-15-12(20-18-10)14(2,3)4/h9H,5-8H2,1-4H3. The van der Waals surface area contributed by atoms with Crippen LogP contribution in [0.3, 0.4) is 0 Å². The molecule has 0 aromatic carbocycles. The van der Waals surface area contributed by atoms with Gasteiger partial charge in [0.05, 0.1) is 5.75 Å². The van der Waals surface area contributed by atoms with Gasteiger partial charge in [-0.1, -0.05) is 37.7 Å². The van der Waals surface area contributed by atoms with E-state index in [1.807, 2.05) is 0 Å². The summed E-state index contributed by atoms with van der Waals surface area (Å²) in [6.07, 6.45) is 2.48. The van der Waals surface area contributed by atoms with Gasteiger partial charge in [-0.25, -0.2) is 0 Å². The van der Waals surface area contributed by atoms with Gasteiger partial charge in [-0.05, 0) is 19.8 Å². The number of rotatable bonds is 5. The summed E-state index contributed by atoms with van der Waals surface area (Å²) in [4.78, 5) is 4.45. The lowest BCUT2D eigenvalue weighted by atomic mass is 9.97. The first-order valence-electron chi connectivity index (χ1n) is 7.38. The van der Waals surface area contributed by atoms with Crippen molar-refractivity contribution in [2.45, 2.75) is 69.3 Å². The van der Waals surface area contributed by atoms with Crippen molar-refractivity contribution in [3.05, 3.63) is 17.5 Å². The lowest BCUT2D eigenvalue weighted by Gasteiger charge is -2.10. The predicted molar refractivity (Wildman–Crippen MR) is 80.2 cm³/mol. The van der Waals surface area contributed by atoms with Gasteiger partial charge in [0.2, 0.25) is 5.89 Å². The van der Waals surface area contributed by atoms with E-state index in [0.717, 1.165) is 17.5 Å². The normalized spacial score (nSPS) is 15.6. The largest absolute Gasteiger partial charge is 0.339 e. The summed E-state index contributed by atoms with van der Waals surface area (Å²) in [6.45, 7) is 9.22. The van der Waals surface area contributed by atoms with Crippen LogP contribution in [0.15, 0.2) is 9.68 Å². The van der Waals surface area contributed by atoms with Crippen LogP contribution >= 0.6 is 11.8 Å². The minimum Gasteiger partial charge on any atom is -0.339 e. The molecule has 0 amide bonds. The van der Waals surface area contributed by atoms with Crippen molar-refractivity contribution in [3.63, 3.8) is 0 Å². The third kappa shape index (κ3) is 3.12. The number of thioether (sulfide) groups is 1. The molecule has 3 rings (SSSR count). The SMILES string of the molecule is CCn1c(SCc2noc(C(C)(C)C)n2)nnc1C1CC1. The molecule has 0 atom stereocenters. The first kappa shape index (κ1) is 14.6. The molecule has 0 radical (unpaired) electrons. The highest BCUT2D eigenvalue weighted by Gasteiger charge is 2.30. The molecule has 0 spiro atoms. The lowest BCUT2D eigenvalue weighted by Crippen LogP contribution is -2.11. The van der Waals surface area contributed by atoms with E-state index in [1.165, 1.54) is 12.8 Å². The first-order chi connectivity index (χ1) is 9.99. The van der Waals surface area contributed by atoms with Gasteiger partial charge in [0.1, 0.15) is 5.82 Å². The molecule has 21 heavy (non-hydrogen) atoms. The van der Waals surface area contributed by atoms with Gasteiger partial charge in [-0.15, -0.1) is 10.2 Å². The van der Waals surface area contributed by atoms with Gasteiger partial charge in [0, 0.05) is 17.9 Å². The third-order valence-electron chi connectivity index (χ3n) is 3.44. The van der Waals surface area contributed by atoms with Crippen molar-refractivity contribution < 1.29 is 4.52 Å². The molecule has 0 N–H and O–H groups in total. The number of aromatic nitrogens is 5. The Morgan fingerprint density at radius 2 is 2.05 bits per heavy atom. The van der Waals surface area contributed by atoms with Crippen LogP contribution < -0.4 is 0 Å². The molecular formula is C14H21N5OS. The summed E-state index contributed by atoms with van der Waals surface area (Å²) in [6, 6.07) is 0. The molecule has 0 unspecified atom stereocenters. The Kier molecular flexibility index (Phi) is 3.77. The molecule has 1 saturated carbocycles. The topological polar surface area (TPSA) is 69.6 Å². The van der Waals surface area contributed by atoms with Crippen LogP contribution in [0.1, 0.15) is 64.0 Å². The minimum atomic E-state index is -0.113. The minimum absolute atomic E-state index is 0.113. The van der Waals surface area contributed by atoms with Crippen molar-refractivity contribution in [1.82, 2.24) is 24.9 Å². The van der Waals surface area contributed by atoms with Gasteiger partial charge in [0.15, 0.2) is 11.0 Å². The predicted octanol–water partition coefficient (Wildman–Crippen LogP) is 3.15. The maximum absolute atomic E-state index is 5.31. The fourth-order valence-corrected chi connectivity index (χ4v) is 2.95. The lowest BCUT2D eigenvalue weighted by molar-refractivity contribution is 0.319. The second-order valence-electron chi connectivity index (χ2n) is 6.41. The molecule has 1 aliphatic rings. The van der Waals surface area contributed by atoms with Crippen molar-refractivity contribution in [2.24, 2.45) is 0 Å². The van der Waals surface area contributed by atoms with Gasteiger partial charge in [0.25, 0.3) is 0 Å². The summed E-state index contributed by atoms with van der Waals surface area (Å²) < 4.78 is 7.51. The van der Waals surface area contributed by atoms with Crippen LogP contribution in [0.4, 0.5) is 0 Å². The third-order valence-corrected chi connectivity index (χ3v) is 4.41. The van der Waals surface area contributed by atoms with Crippen LogP contribution in [-0.4, -0.2) is 24.9 Å². The number of hydrogen-bond donors (Lipinski definition) is 0. The molecule has 1 aliphatic carbocycles. The summed E-state index contributed by atoms with van der Waals surface area (Å²) in [5.41, 5.74) is -0.113. The van der Waals surface area contributed by atoms with E-state index in [4.69, 9.17) is 4.52 Å². The molecule has 114 valence electrons. The van der Waals surface area contributed by atoms with Crippen LogP contribution in [0, 0.1) is 0 Å². The van der Waals surface area contributed by atoms with Crippen LogP contribution in [0.25, 0.3) is 0 Å². The van der Waals surface area contributed by atoms with Crippen molar-refractivity contribution in [3.8, 4) is 0 Å². The van der Waals surface area contributed by atoms with E-state index in [1.54, 1.807) is 11.8 Å². The first-order valence-corrected chi connectivity index (χ1v) is 8.36. The van der Waals surface area contributed by atoms with Gasteiger partial charge < -0.3 is 9.09 Å². The summed E-state index contributed by atoms with van der Waals surface area (Å²) in [5.74, 6) is 3.78. The fraction of sp³-hybridized carbons (Fsp3) is 0.714. The average molecular weight is 307 g/mol. The smallest absolute Gasteiger partial charge is 0.232 e. The quantitative estimate of drug-likeness (QED) is 0.790. The van der Waals surface area contributed by atoms with Crippen LogP contribution in [-0.2, 0) is 17.7 Å². The molecule has 1 fully saturated rings. The molecular weight excluding hydrogens is 286 g/mol. The molecule has 0 aliphatic heterocycles. The highest BCUT2D eigenvalue weighted by Crippen LogP contribution is 2.40. The monoisotopic (exact) mass is 307 g/mol. The van der Waals surface area contributed by atoms with E-state index >= 15 is 0 Å². The van der Waals surface area contributed by atoms with E-state index in [9.17, 15) is 0 Å². The Morgan fingerprint density at radius 1 is 1.29 bits per heavy atom.